The van der Waals surface area contributed by atoms with Crippen molar-refractivity contribution >= 4 is 22.7 Å². The predicted molar refractivity (Wildman–Crippen MR) is 65.8 cm³/mol. The Morgan fingerprint density at radius 2 is 2.11 bits per heavy atom. The summed E-state index contributed by atoms with van der Waals surface area (Å²) >= 11 is 0. The highest BCUT2D eigenvalue weighted by molar-refractivity contribution is 5.93. The molecule has 0 unspecified atom stereocenters. The zero-order valence-electron chi connectivity index (χ0n) is 9.98. The lowest BCUT2D eigenvalue weighted by Crippen LogP contribution is -2.02. The molecule has 18 heavy (non-hydrogen) atoms. The van der Waals surface area contributed by atoms with Crippen LogP contribution in [0.1, 0.15) is 16.7 Å². The molecule has 1 heterocycles. The lowest BCUT2D eigenvalue weighted by Gasteiger charge is -2.00. The van der Waals surface area contributed by atoms with E-state index >= 15 is 0 Å². The van der Waals surface area contributed by atoms with Gasteiger partial charge >= 0.3 is 11.8 Å². The van der Waals surface area contributed by atoms with Crippen LogP contribution in [0, 0.1) is 24.0 Å². The number of nitrogens with one attached hydrogen (secondary N) is 1. The van der Waals surface area contributed by atoms with Crippen LogP contribution in [0.25, 0.3) is 10.9 Å². The van der Waals surface area contributed by atoms with Gasteiger partial charge in [-0.1, -0.05) is 6.07 Å². The van der Waals surface area contributed by atoms with Crippen LogP contribution in [-0.4, -0.2) is 21.0 Å². The SMILES string of the molecule is Cc1cc(C)c2c(CC(=O)O)c([N+](=O)[O-])[nH]c2c1. The lowest BCUT2D eigenvalue weighted by atomic mass is 10.0. The fourth-order valence-electron chi connectivity index (χ4n) is 2.27. The maximum Gasteiger partial charge on any atom is 0.325 e. The van der Waals surface area contributed by atoms with Crippen molar-refractivity contribution in [2.24, 2.45) is 0 Å². The Hall–Kier alpha value is -2.37. The highest BCUT2D eigenvalue weighted by Gasteiger charge is 2.23. The van der Waals surface area contributed by atoms with E-state index < -0.39 is 10.9 Å². The number of fused-ring (bicyclic) bond motifs is 1. The second-order valence-electron chi connectivity index (χ2n) is 4.28. The first-order valence-electron chi connectivity index (χ1n) is 5.38. The minimum absolute atomic E-state index is 0.235. The molecule has 0 aliphatic rings. The number of aromatic nitrogens is 1. The van der Waals surface area contributed by atoms with Crippen LogP contribution < -0.4 is 0 Å². The number of aryl methyl sites for hydroxylation is 2. The topological polar surface area (TPSA) is 96.2 Å². The molecule has 0 aliphatic heterocycles. The zero-order chi connectivity index (χ0) is 13.4. The molecule has 2 rings (SSSR count). The summed E-state index contributed by atoms with van der Waals surface area (Å²) in [6, 6.07) is 3.66. The van der Waals surface area contributed by atoms with Gasteiger partial charge in [-0.25, -0.2) is 4.98 Å². The Morgan fingerprint density at radius 3 is 2.67 bits per heavy atom. The molecule has 0 atom stereocenters. The van der Waals surface area contributed by atoms with Crippen LogP contribution in [0.4, 0.5) is 5.82 Å². The van der Waals surface area contributed by atoms with Gasteiger partial charge in [0.1, 0.15) is 5.52 Å². The minimum atomic E-state index is -1.08. The van der Waals surface area contributed by atoms with Crippen molar-refractivity contribution in [3.63, 3.8) is 0 Å². The van der Waals surface area contributed by atoms with Gasteiger partial charge in [0.2, 0.25) is 0 Å². The number of hydrogen-bond acceptors (Lipinski definition) is 3. The van der Waals surface area contributed by atoms with Gasteiger partial charge in [-0.15, -0.1) is 0 Å². The van der Waals surface area contributed by atoms with Crippen molar-refractivity contribution < 1.29 is 14.8 Å². The molecule has 0 saturated heterocycles. The second-order valence-corrected chi connectivity index (χ2v) is 4.28. The maximum absolute atomic E-state index is 11.0. The third-order valence-corrected chi connectivity index (χ3v) is 2.83. The van der Waals surface area contributed by atoms with Gasteiger partial charge in [-0.05, 0) is 36.0 Å². The summed E-state index contributed by atoms with van der Waals surface area (Å²) in [5.74, 6) is -1.32. The van der Waals surface area contributed by atoms with E-state index in [1.54, 1.807) is 6.07 Å². The second kappa shape index (κ2) is 4.14. The number of nitro groups is 1. The molecule has 0 fully saturated rings. The van der Waals surface area contributed by atoms with Gasteiger partial charge in [-0.2, -0.15) is 0 Å². The van der Waals surface area contributed by atoms with Gasteiger partial charge in [0.25, 0.3) is 0 Å². The Balaban J connectivity index is 2.80. The summed E-state index contributed by atoms with van der Waals surface area (Å²) in [7, 11) is 0. The van der Waals surface area contributed by atoms with Crippen LogP contribution >= 0.6 is 0 Å². The smallest absolute Gasteiger partial charge is 0.325 e. The van der Waals surface area contributed by atoms with Gasteiger partial charge in [-0.3, -0.25) is 4.79 Å². The van der Waals surface area contributed by atoms with E-state index in [2.05, 4.69) is 4.98 Å². The molecule has 6 nitrogen and oxygen atoms in total. The van der Waals surface area contributed by atoms with Gasteiger partial charge in [0, 0.05) is 5.39 Å². The van der Waals surface area contributed by atoms with Crippen molar-refractivity contribution in [3.8, 4) is 0 Å². The maximum atomic E-state index is 11.0. The molecule has 2 N–H and O–H groups in total. The van der Waals surface area contributed by atoms with E-state index in [0.717, 1.165) is 11.1 Å². The number of carboxylic acid groups (broad SMARTS) is 1. The van der Waals surface area contributed by atoms with E-state index in [-0.39, 0.29) is 17.8 Å². The number of rotatable bonds is 3. The van der Waals surface area contributed by atoms with Crippen molar-refractivity contribution in [1.82, 2.24) is 4.98 Å². The monoisotopic (exact) mass is 248 g/mol. The van der Waals surface area contributed by atoms with E-state index in [1.807, 2.05) is 19.9 Å². The molecule has 0 amide bonds. The fraction of sp³-hybridized carbons (Fsp3) is 0.250. The van der Waals surface area contributed by atoms with Crippen LogP contribution in [0.5, 0.6) is 0 Å². The molecule has 0 aliphatic carbocycles. The summed E-state index contributed by atoms with van der Waals surface area (Å²) in [6.45, 7) is 3.70. The molecule has 0 radical (unpaired) electrons. The standard InChI is InChI=1S/C12H12N2O4/c1-6-3-7(2)11-8(5-10(15)16)12(14(17)18)13-9(11)4-6/h3-4,13H,5H2,1-2H3,(H,15,16). The van der Waals surface area contributed by atoms with Gasteiger partial charge in [0.05, 0.1) is 12.0 Å². The van der Waals surface area contributed by atoms with Gasteiger partial charge < -0.3 is 15.2 Å². The Kier molecular flexibility index (Phi) is 2.78. The molecule has 6 heteroatoms. The first-order chi connectivity index (χ1) is 8.40. The Labute approximate surface area is 102 Å². The first kappa shape index (κ1) is 12.1. The summed E-state index contributed by atoms with van der Waals surface area (Å²) in [6.07, 6.45) is -0.361. The van der Waals surface area contributed by atoms with Crippen molar-refractivity contribution in [2.45, 2.75) is 20.3 Å². The van der Waals surface area contributed by atoms with Crippen LogP contribution in [0.3, 0.4) is 0 Å². The average molecular weight is 248 g/mol. The largest absolute Gasteiger partial charge is 0.481 e. The number of benzene rings is 1. The van der Waals surface area contributed by atoms with Crippen molar-refractivity contribution in [1.29, 1.82) is 0 Å². The quantitative estimate of drug-likeness (QED) is 0.643. The van der Waals surface area contributed by atoms with E-state index in [9.17, 15) is 14.9 Å². The first-order valence-corrected chi connectivity index (χ1v) is 5.38. The van der Waals surface area contributed by atoms with E-state index in [4.69, 9.17) is 5.11 Å². The molecule has 2 aromatic rings. The van der Waals surface area contributed by atoms with Crippen molar-refractivity contribution in [2.75, 3.05) is 0 Å². The fourth-order valence-corrected chi connectivity index (χ4v) is 2.27. The highest BCUT2D eigenvalue weighted by atomic mass is 16.6. The molecule has 0 spiro atoms. The molecular weight excluding hydrogens is 236 g/mol. The summed E-state index contributed by atoms with van der Waals surface area (Å²) in [5, 5.41) is 20.4. The molecule has 94 valence electrons. The third-order valence-electron chi connectivity index (χ3n) is 2.83. The van der Waals surface area contributed by atoms with Crippen LogP contribution in [-0.2, 0) is 11.2 Å². The normalized spacial score (nSPS) is 10.8. The number of aromatic amines is 1. The summed E-state index contributed by atoms with van der Waals surface area (Å²) in [5.41, 5.74) is 2.65. The lowest BCUT2D eigenvalue weighted by molar-refractivity contribution is -0.389. The van der Waals surface area contributed by atoms with Gasteiger partial charge in [0.15, 0.2) is 0 Å². The number of hydrogen-bond donors (Lipinski definition) is 2. The zero-order valence-corrected chi connectivity index (χ0v) is 9.98. The number of aliphatic carboxylic acids is 1. The minimum Gasteiger partial charge on any atom is -0.481 e. The number of nitrogens with zero attached hydrogens (tertiary/aromatic N) is 1. The Morgan fingerprint density at radius 1 is 1.44 bits per heavy atom. The van der Waals surface area contributed by atoms with E-state index in [1.165, 1.54) is 0 Å². The average Bonchev–Trinajstić information content (AvgIpc) is 2.55. The van der Waals surface area contributed by atoms with Crippen molar-refractivity contribution in [3.05, 3.63) is 38.9 Å². The van der Waals surface area contributed by atoms with E-state index in [0.29, 0.717) is 10.9 Å². The van der Waals surface area contributed by atoms with Crippen LogP contribution in [0.15, 0.2) is 12.1 Å². The molecule has 1 aromatic heterocycles. The van der Waals surface area contributed by atoms with Crippen LogP contribution in [0.2, 0.25) is 0 Å². The number of carboxylic acids is 1. The Bertz CT molecular complexity index is 658. The molecule has 0 saturated carbocycles. The highest BCUT2D eigenvalue weighted by Crippen LogP contribution is 2.31. The third kappa shape index (κ3) is 1.92. The summed E-state index contributed by atoms with van der Waals surface area (Å²) in [4.78, 5) is 23.9. The molecular formula is C12H12N2O4. The number of H-pyrrole nitrogens is 1. The molecule has 0 bridgehead atoms. The molecule has 1 aromatic carbocycles. The number of carbonyl (C=O) groups is 1. The predicted octanol–water partition coefficient (Wildman–Crippen LogP) is 2.32. The summed E-state index contributed by atoms with van der Waals surface area (Å²) < 4.78 is 0.